The predicted octanol–water partition coefficient (Wildman–Crippen LogP) is 4.02. The van der Waals surface area contributed by atoms with E-state index in [1.54, 1.807) is 30.0 Å². The molecule has 3 aromatic carbocycles. The lowest BCUT2D eigenvalue weighted by Gasteiger charge is -2.18. The maximum Gasteiger partial charge on any atom is 0.346 e. The zero-order chi connectivity index (χ0) is 16.7. The van der Waals surface area contributed by atoms with Gasteiger partial charge >= 0.3 is 11.9 Å². The molecule has 5 heteroatoms. The predicted molar refractivity (Wildman–Crippen MR) is 94.1 cm³/mol. The number of nitrogens with two attached hydrogens (primary N) is 1. The average Bonchev–Trinajstić information content (AvgIpc) is 2.59. The Morgan fingerprint density at radius 3 is 2.46 bits per heavy atom. The molecular formula is C19H13NO3S. The smallest absolute Gasteiger partial charge is 0.346 e. The molecule has 0 aliphatic carbocycles. The molecule has 0 saturated heterocycles. The number of hydrogen-bond donors (Lipinski definition) is 1. The fourth-order valence-corrected chi connectivity index (χ4v) is 3.95. The number of esters is 2. The van der Waals surface area contributed by atoms with Crippen molar-refractivity contribution in [3.63, 3.8) is 0 Å². The van der Waals surface area contributed by atoms with E-state index >= 15 is 0 Å². The Hall–Kier alpha value is -2.79. The molecule has 1 aliphatic rings. The van der Waals surface area contributed by atoms with Crippen molar-refractivity contribution >= 4 is 40.2 Å². The van der Waals surface area contributed by atoms with Crippen LogP contribution in [-0.2, 0) is 10.5 Å². The topological polar surface area (TPSA) is 69.4 Å². The summed E-state index contributed by atoms with van der Waals surface area (Å²) in [5, 5.41) is 1.44. The van der Waals surface area contributed by atoms with Crippen molar-refractivity contribution in [2.45, 2.75) is 10.6 Å². The summed E-state index contributed by atoms with van der Waals surface area (Å²) in [6.07, 6.45) is 0. The molecule has 24 heavy (non-hydrogen) atoms. The highest BCUT2D eigenvalue weighted by Crippen LogP contribution is 2.40. The Morgan fingerprint density at radius 1 is 0.917 bits per heavy atom. The standard InChI is InChI=1S/C19H13NO3S/c20-15-9-14-16-12(7-4-8-13(16)18(21)23-19(14)22)17(15)24-10-11-5-2-1-3-6-11/h1-9H,10,20H2. The number of rotatable bonds is 3. The minimum atomic E-state index is -0.644. The fraction of sp³-hybridized carbons (Fsp3) is 0.0526. The van der Waals surface area contributed by atoms with Gasteiger partial charge < -0.3 is 10.5 Å². The third kappa shape index (κ3) is 2.34. The second kappa shape index (κ2) is 5.69. The number of carbonyl (C=O) groups is 2. The highest BCUT2D eigenvalue weighted by atomic mass is 32.2. The van der Waals surface area contributed by atoms with Crippen LogP contribution in [0.5, 0.6) is 0 Å². The van der Waals surface area contributed by atoms with Crippen molar-refractivity contribution < 1.29 is 14.3 Å². The summed E-state index contributed by atoms with van der Waals surface area (Å²) in [5.74, 6) is -0.501. The molecule has 1 heterocycles. The first-order valence-corrected chi connectivity index (χ1v) is 8.42. The molecule has 1 aliphatic heterocycles. The average molecular weight is 335 g/mol. The van der Waals surface area contributed by atoms with E-state index in [0.29, 0.717) is 22.2 Å². The molecule has 4 rings (SSSR count). The number of ether oxygens (including phenoxy) is 1. The van der Waals surface area contributed by atoms with Crippen LogP contribution in [0, 0.1) is 0 Å². The quantitative estimate of drug-likeness (QED) is 0.339. The molecule has 118 valence electrons. The molecule has 0 atom stereocenters. The lowest BCUT2D eigenvalue weighted by atomic mass is 9.96. The Morgan fingerprint density at radius 2 is 1.67 bits per heavy atom. The van der Waals surface area contributed by atoms with Gasteiger partial charge in [0.25, 0.3) is 0 Å². The fourth-order valence-electron chi connectivity index (χ4n) is 2.90. The number of cyclic esters (lactones) is 2. The third-order valence-electron chi connectivity index (χ3n) is 3.99. The number of carbonyl (C=O) groups excluding carboxylic acids is 2. The molecule has 0 aromatic heterocycles. The second-order valence-corrected chi connectivity index (χ2v) is 6.51. The van der Waals surface area contributed by atoms with Crippen molar-refractivity contribution in [3.8, 4) is 0 Å². The Labute approximate surface area is 142 Å². The summed E-state index contributed by atoms with van der Waals surface area (Å²) in [6, 6.07) is 17.0. The Kier molecular flexibility index (Phi) is 3.50. The van der Waals surface area contributed by atoms with Crippen LogP contribution in [0.2, 0.25) is 0 Å². The number of benzene rings is 3. The van der Waals surface area contributed by atoms with Crippen molar-refractivity contribution in [3.05, 3.63) is 71.3 Å². The van der Waals surface area contributed by atoms with E-state index in [1.165, 1.54) is 5.56 Å². The summed E-state index contributed by atoms with van der Waals surface area (Å²) in [7, 11) is 0. The van der Waals surface area contributed by atoms with Gasteiger partial charge in [0, 0.05) is 21.7 Å². The lowest BCUT2D eigenvalue weighted by Crippen LogP contribution is -2.20. The molecule has 2 N–H and O–H groups in total. The number of nitrogen functional groups attached to an aromatic ring is 1. The van der Waals surface area contributed by atoms with E-state index in [9.17, 15) is 9.59 Å². The Bertz CT molecular complexity index is 983. The SMILES string of the molecule is Nc1cc2c3c(cccc3c1SCc1ccccc1)C(=O)OC2=O. The van der Waals surface area contributed by atoms with Crippen LogP contribution < -0.4 is 5.73 Å². The van der Waals surface area contributed by atoms with Gasteiger partial charge in [-0.1, -0.05) is 42.5 Å². The summed E-state index contributed by atoms with van der Waals surface area (Å²) < 4.78 is 4.79. The lowest BCUT2D eigenvalue weighted by molar-refractivity contribution is 0.0391. The monoisotopic (exact) mass is 335 g/mol. The maximum atomic E-state index is 12.0. The molecule has 0 saturated carbocycles. The molecular weight excluding hydrogens is 322 g/mol. The van der Waals surface area contributed by atoms with Gasteiger partial charge in [-0.05, 0) is 23.1 Å². The molecule has 0 radical (unpaired) electrons. The molecule has 4 nitrogen and oxygen atoms in total. The maximum absolute atomic E-state index is 12.0. The first kappa shape index (κ1) is 14.8. The van der Waals surface area contributed by atoms with E-state index in [4.69, 9.17) is 10.5 Å². The van der Waals surface area contributed by atoms with Crippen molar-refractivity contribution in [1.82, 2.24) is 0 Å². The van der Waals surface area contributed by atoms with Crippen LogP contribution in [0.4, 0.5) is 5.69 Å². The second-order valence-electron chi connectivity index (χ2n) is 5.52. The molecule has 0 amide bonds. The van der Waals surface area contributed by atoms with Crippen LogP contribution in [0.1, 0.15) is 26.3 Å². The van der Waals surface area contributed by atoms with Crippen LogP contribution in [-0.4, -0.2) is 11.9 Å². The summed E-state index contributed by atoms with van der Waals surface area (Å²) >= 11 is 1.60. The van der Waals surface area contributed by atoms with Crippen molar-refractivity contribution in [2.75, 3.05) is 5.73 Å². The van der Waals surface area contributed by atoms with Crippen molar-refractivity contribution in [1.29, 1.82) is 0 Å². The highest BCUT2D eigenvalue weighted by molar-refractivity contribution is 7.99. The van der Waals surface area contributed by atoms with Gasteiger partial charge in [-0.15, -0.1) is 11.8 Å². The molecule has 0 bridgehead atoms. The molecule has 0 unspecified atom stereocenters. The largest absolute Gasteiger partial charge is 0.398 e. The molecule has 3 aromatic rings. The van der Waals surface area contributed by atoms with E-state index in [2.05, 4.69) is 12.1 Å². The number of anilines is 1. The first-order valence-electron chi connectivity index (χ1n) is 7.43. The van der Waals surface area contributed by atoms with E-state index in [0.717, 1.165) is 16.0 Å². The number of thioether (sulfide) groups is 1. The first-order chi connectivity index (χ1) is 11.6. The van der Waals surface area contributed by atoms with Crippen LogP contribution in [0.3, 0.4) is 0 Å². The van der Waals surface area contributed by atoms with Gasteiger partial charge in [-0.3, -0.25) is 0 Å². The number of hydrogen-bond acceptors (Lipinski definition) is 5. The third-order valence-corrected chi connectivity index (χ3v) is 5.21. The minimum Gasteiger partial charge on any atom is -0.398 e. The summed E-state index contributed by atoms with van der Waals surface area (Å²) in [6.45, 7) is 0. The summed E-state index contributed by atoms with van der Waals surface area (Å²) in [5.41, 5.74) is 8.63. The van der Waals surface area contributed by atoms with Crippen molar-refractivity contribution in [2.24, 2.45) is 0 Å². The van der Waals surface area contributed by atoms with E-state index in [-0.39, 0.29) is 0 Å². The van der Waals surface area contributed by atoms with Crippen LogP contribution >= 0.6 is 11.8 Å². The van der Waals surface area contributed by atoms with Gasteiger partial charge in [0.05, 0.1) is 11.1 Å². The van der Waals surface area contributed by atoms with Gasteiger partial charge in [-0.2, -0.15) is 0 Å². The Balaban J connectivity index is 1.86. The van der Waals surface area contributed by atoms with Gasteiger partial charge in [-0.25, -0.2) is 9.59 Å². The van der Waals surface area contributed by atoms with Gasteiger partial charge in [0.2, 0.25) is 0 Å². The van der Waals surface area contributed by atoms with Gasteiger partial charge in [0.15, 0.2) is 0 Å². The minimum absolute atomic E-state index is 0.349. The van der Waals surface area contributed by atoms with E-state index < -0.39 is 11.9 Å². The zero-order valence-corrected chi connectivity index (χ0v) is 13.4. The van der Waals surface area contributed by atoms with Gasteiger partial charge in [0.1, 0.15) is 0 Å². The molecule has 0 fully saturated rings. The van der Waals surface area contributed by atoms with Crippen LogP contribution in [0.25, 0.3) is 10.8 Å². The normalized spacial score (nSPS) is 13.2. The highest BCUT2D eigenvalue weighted by Gasteiger charge is 2.29. The van der Waals surface area contributed by atoms with E-state index in [1.807, 2.05) is 24.3 Å². The molecule has 0 spiro atoms. The zero-order valence-electron chi connectivity index (χ0n) is 12.6. The summed E-state index contributed by atoms with van der Waals surface area (Å²) in [4.78, 5) is 24.9. The van der Waals surface area contributed by atoms with Crippen LogP contribution in [0.15, 0.2) is 59.5 Å².